The standard InChI is InChI=1S/C18H16N4OS/c1-2-13(11-15-12(1)3-5-19-15)17-20-14-4-10-24-16(14)18(21-17)22-6-8-23-9-7-22/h1-5,10-11,19H,6-9H2. The number of nitrogens with zero attached hydrogens (tertiary/aromatic N) is 3. The maximum absolute atomic E-state index is 5.48. The second kappa shape index (κ2) is 5.58. The van der Waals surface area contributed by atoms with Crippen LogP contribution in [0.4, 0.5) is 5.82 Å². The first-order valence-corrected chi connectivity index (χ1v) is 8.92. The van der Waals surface area contributed by atoms with Gasteiger partial charge in [-0.2, -0.15) is 0 Å². The van der Waals surface area contributed by atoms with E-state index in [0.29, 0.717) is 0 Å². The molecule has 5 nitrogen and oxygen atoms in total. The molecule has 4 aromatic rings. The second-order valence-electron chi connectivity index (χ2n) is 5.88. The van der Waals surface area contributed by atoms with Gasteiger partial charge in [-0.25, -0.2) is 9.97 Å². The lowest BCUT2D eigenvalue weighted by atomic mass is 10.1. The number of morpholine rings is 1. The number of thiophene rings is 1. The van der Waals surface area contributed by atoms with Crippen LogP contribution >= 0.6 is 11.3 Å². The number of aromatic amines is 1. The molecule has 120 valence electrons. The van der Waals surface area contributed by atoms with E-state index in [1.165, 1.54) is 5.39 Å². The molecule has 3 aromatic heterocycles. The molecule has 6 heteroatoms. The van der Waals surface area contributed by atoms with Gasteiger partial charge in [0.2, 0.25) is 0 Å². The van der Waals surface area contributed by atoms with Crippen molar-refractivity contribution in [3.63, 3.8) is 0 Å². The monoisotopic (exact) mass is 336 g/mol. The van der Waals surface area contributed by atoms with Crippen molar-refractivity contribution in [3.8, 4) is 11.4 Å². The summed E-state index contributed by atoms with van der Waals surface area (Å²) in [4.78, 5) is 15.3. The van der Waals surface area contributed by atoms with Crippen molar-refractivity contribution in [1.82, 2.24) is 15.0 Å². The fourth-order valence-electron chi connectivity index (χ4n) is 3.15. The number of rotatable bonds is 2. The van der Waals surface area contributed by atoms with Crippen LogP contribution in [0.3, 0.4) is 0 Å². The molecule has 0 unspecified atom stereocenters. The maximum atomic E-state index is 5.48. The first kappa shape index (κ1) is 13.9. The van der Waals surface area contributed by atoms with Gasteiger partial charge in [-0.05, 0) is 29.0 Å². The summed E-state index contributed by atoms with van der Waals surface area (Å²) in [6, 6.07) is 10.5. The maximum Gasteiger partial charge on any atom is 0.162 e. The largest absolute Gasteiger partial charge is 0.378 e. The Balaban J connectivity index is 1.67. The summed E-state index contributed by atoms with van der Waals surface area (Å²) in [7, 11) is 0. The Kier molecular flexibility index (Phi) is 3.24. The smallest absolute Gasteiger partial charge is 0.162 e. The Labute approximate surface area is 142 Å². The van der Waals surface area contributed by atoms with E-state index in [9.17, 15) is 0 Å². The van der Waals surface area contributed by atoms with Gasteiger partial charge < -0.3 is 14.6 Å². The number of aromatic nitrogens is 3. The molecule has 4 heterocycles. The summed E-state index contributed by atoms with van der Waals surface area (Å²) in [5.41, 5.74) is 3.15. The molecule has 0 aliphatic carbocycles. The molecule has 0 saturated carbocycles. The minimum Gasteiger partial charge on any atom is -0.378 e. The molecule has 5 rings (SSSR count). The van der Waals surface area contributed by atoms with Gasteiger partial charge in [-0.15, -0.1) is 11.3 Å². The minimum atomic E-state index is 0.751. The molecule has 0 radical (unpaired) electrons. The molecule has 0 bridgehead atoms. The Morgan fingerprint density at radius 2 is 2.00 bits per heavy atom. The van der Waals surface area contributed by atoms with E-state index in [1.54, 1.807) is 11.3 Å². The molecule has 0 atom stereocenters. The zero-order valence-electron chi connectivity index (χ0n) is 13.0. The number of H-pyrrole nitrogens is 1. The highest BCUT2D eigenvalue weighted by atomic mass is 32.1. The summed E-state index contributed by atoms with van der Waals surface area (Å²) < 4.78 is 6.64. The highest BCUT2D eigenvalue weighted by molar-refractivity contribution is 7.17. The van der Waals surface area contributed by atoms with Gasteiger partial charge in [0.15, 0.2) is 11.6 Å². The molecule has 0 amide bonds. The minimum absolute atomic E-state index is 0.751. The molecule has 1 aliphatic rings. The van der Waals surface area contributed by atoms with Crippen molar-refractivity contribution in [2.75, 3.05) is 31.2 Å². The summed E-state index contributed by atoms with van der Waals surface area (Å²) in [5.74, 6) is 1.80. The molecule has 1 aromatic carbocycles. The van der Waals surface area contributed by atoms with Crippen molar-refractivity contribution in [2.24, 2.45) is 0 Å². The van der Waals surface area contributed by atoms with Crippen LogP contribution in [0, 0.1) is 0 Å². The van der Waals surface area contributed by atoms with Crippen LogP contribution in [0.15, 0.2) is 41.9 Å². The van der Waals surface area contributed by atoms with Gasteiger partial charge >= 0.3 is 0 Å². The predicted octanol–water partition coefficient (Wildman–Crippen LogP) is 3.68. The SMILES string of the molecule is c1cc2ccc(-c3nc(N4CCOCC4)c4sccc4n3)cc2[nH]1. The first-order valence-electron chi connectivity index (χ1n) is 8.04. The molecule has 1 N–H and O–H groups in total. The highest BCUT2D eigenvalue weighted by Crippen LogP contribution is 2.32. The molecule has 1 fully saturated rings. The lowest BCUT2D eigenvalue weighted by molar-refractivity contribution is 0.122. The highest BCUT2D eigenvalue weighted by Gasteiger charge is 2.18. The van der Waals surface area contributed by atoms with Crippen LogP contribution in [0.5, 0.6) is 0 Å². The third-order valence-electron chi connectivity index (χ3n) is 4.41. The molecule has 1 saturated heterocycles. The number of nitrogens with one attached hydrogen (secondary N) is 1. The third kappa shape index (κ3) is 2.26. The fraction of sp³-hybridized carbons (Fsp3) is 0.222. The number of fused-ring (bicyclic) bond motifs is 2. The normalized spacial score (nSPS) is 15.4. The summed E-state index contributed by atoms with van der Waals surface area (Å²) in [6.07, 6.45) is 1.95. The lowest BCUT2D eigenvalue weighted by Gasteiger charge is -2.28. The molecule has 0 spiro atoms. The van der Waals surface area contributed by atoms with Crippen LogP contribution in [-0.2, 0) is 4.74 Å². The van der Waals surface area contributed by atoms with Crippen molar-refractivity contribution in [2.45, 2.75) is 0 Å². The van der Waals surface area contributed by atoms with Gasteiger partial charge in [0.1, 0.15) is 0 Å². The van der Waals surface area contributed by atoms with E-state index in [-0.39, 0.29) is 0 Å². The fourth-order valence-corrected chi connectivity index (χ4v) is 4.00. The average Bonchev–Trinajstić information content (AvgIpc) is 3.29. The van der Waals surface area contributed by atoms with E-state index in [4.69, 9.17) is 14.7 Å². The summed E-state index contributed by atoms with van der Waals surface area (Å²) in [5, 5.41) is 3.28. The van der Waals surface area contributed by atoms with E-state index in [1.807, 2.05) is 6.20 Å². The van der Waals surface area contributed by atoms with E-state index in [0.717, 1.165) is 59.2 Å². The van der Waals surface area contributed by atoms with Crippen molar-refractivity contribution < 1.29 is 4.74 Å². The zero-order valence-corrected chi connectivity index (χ0v) is 13.8. The summed E-state index contributed by atoms with van der Waals surface area (Å²) >= 11 is 1.70. The van der Waals surface area contributed by atoms with Crippen molar-refractivity contribution in [1.29, 1.82) is 0 Å². The number of benzene rings is 1. The van der Waals surface area contributed by atoms with Gasteiger partial charge in [0.05, 0.1) is 23.4 Å². The van der Waals surface area contributed by atoms with E-state index >= 15 is 0 Å². The molecular weight excluding hydrogens is 320 g/mol. The Morgan fingerprint density at radius 1 is 1.08 bits per heavy atom. The predicted molar refractivity (Wildman–Crippen MR) is 97.7 cm³/mol. The van der Waals surface area contributed by atoms with Gasteiger partial charge in [-0.3, -0.25) is 0 Å². The van der Waals surface area contributed by atoms with Crippen LogP contribution in [0.1, 0.15) is 0 Å². The lowest BCUT2D eigenvalue weighted by Crippen LogP contribution is -2.36. The molecule has 1 aliphatic heterocycles. The third-order valence-corrected chi connectivity index (χ3v) is 5.31. The first-order chi connectivity index (χ1) is 11.9. The van der Waals surface area contributed by atoms with Gasteiger partial charge in [0, 0.05) is 30.4 Å². The van der Waals surface area contributed by atoms with Crippen molar-refractivity contribution in [3.05, 3.63) is 41.9 Å². The molecular formula is C18H16N4OS. The van der Waals surface area contributed by atoms with Gasteiger partial charge in [-0.1, -0.05) is 12.1 Å². The van der Waals surface area contributed by atoms with Crippen molar-refractivity contribution >= 4 is 38.3 Å². The van der Waals surface area contributed by atoms with Crippen LogP contribution in [0.2, 0.25) is 0 Å². The quantitative estimate of drug-likeness (QED) is 0.607. The number of hydrogen-bond acceptors (Lipinski definition) is 5. The Hall–Kier alpha value is -2.44. The van der Waals surface area contributed by atoms with Crippen LogP contribution < -0.4 is 4.90 Å². The van der Waals surface area contributed by atoms with E-state index in [2.05, 4.69) is 45.6 Å². The van der Waals surface area contributed by atoms with E-state index < -0.39 is 0 Å². The topological polar surface area (TPSA) is 54.0 Å². The Bertz CT molecular complexity index is 1020. The summed E-state index contributed by atoms with van der Waals surface area (Å²) in [6.45, 7) is 3.25. The number of hydrogen-bond donors (Lipinski definition) is 1. The average molecular weight is 336 g/mol. The molecule has 24 heavy (non-hydrogen) atoms. The van der Waals surface area contributed by atoms with Crippen LogP contribution in [-0.4, -0.2) is 41.3 Å². The number of anilines is 1. The number of ether oxygens (including phenoxy) is 1. The zero-order chi connectivity index (χ0) is 15.9. The Morgan fingerprint density at radius 3 is 2.92 bits per heavy atom. The van der Waals surface area contributed by atoms with Gasteiger partial charge in [0.25, 0.3) is 0 Å². The van der Waals surface area contributed by atoms with Crippen LogP contribution in [0.25, 0.3) is 32.5 Å². The second-order valence-corrected chi connectivity index (χ2v) is 6.80.